The molecule has 160 valence electrons. The predicted octanol–water partition coefficient (Wildman–Crippen LogP) is 4.96. The fraction of sp³-hybridized carbons (Fsp3) is 0.200. The zero-order valence-electron chi connectivity index (χ0n) is 18.3. The molecule has 0 amide bonds. The molecule has 0 atom stereocenters. The van der Waals surface area contributed by atoms with Gasteiger partial charge in [0.15, 0.2) is 0 Å². The number of aryl methyl sites for hydroxylation is 3. The van der Waals surface area contributed by atoms with Gasteiger partial charge in [-0.25, -0.2) is 9.97 Å². The van der Waals surface area contributed by atoms with Crippen molar-refractivity contribution in [1.82, 2.24) is 24.7 Å². The molecule has 1 N–H and O–H groups in total. The van der Waals surface area contributed by atoms with Crippen LogP contribution < -0.4 is 5.32 Å². The van der Waals surface area contributed by atoms with Crippen molar-refractivity contribution in [2.24, 2.45) is 7.05 Å². The third-order valence-electron chi connectivity index (χ3n) is 5.53. The van der Waals surface area contributed by atoms with Crippen LogP contribution in [0.4, 0.5) is 5.82 Å². The van der Waals surface area contributed by atoms with Crippen LogP contribution in [0.25, 0.3) is 33.5 Å². The Bertz CT molecular complexity index is 1400. The number of furan rings is 1. The largest absolute Gasteiger partial charge is 0.464 e. The summed E-state index contributed by atoms with van der Waals surface area (Å²) in [5.74, 6) is 1.54. The van der Waals surface area contributed by atoms with Crippen molar-refractivity contribution in [3.8, 4) is 22.5 Å². The summed E-state index contributed by atoms with van der Waals surface area (Å²) in [5.41, 5.74) is 7.21. The Labute approximate surface area is 186 Å². The van der Waals surface area contributed by atoms with Gasteiger partial charge in [0.05, 0.1) is 17.7 Å². The zero-order valence-corrected chi connectivity index (χ0v) is 18.3. The molecule has 0 fully saturated rings. The van der Waals surface area contributed by atoms with Gasteiger partial charge in [-0.3, -0.25) is 9.67 Å². The lowest BCUT2D eigenvalue weighted by molar-refractivity contribution is 0.613. The van der Waals surface area contributed by atoms with Gasteiger partial charge in [-0.1, -0.05) is 0 Å². The van der Waals surface area contributed by atoms with Crippen molar-refractivity contribution in [3.63, 3.8) is 0 Å². The number of rotatable bonds is 6. The SMILES string of the molecule is Cc1nc(NCCc2cncc(-c3ccnn3C)c2)cc(-c2ccc3occ(C)c3c2)n1. The van der Waals surface area contributed by atoms with Crippen LogP contribution in [0.15, 0.2) is 65.7 Å². The van der Waals surface area contributed by atoms with Gasteiger partial charge in [-0.15, -0.1) is 0 Å². The highest BCUT2D eigenvalue weighted by atomic mass is 16.3. The summed E-state index contributed by atoms with van der Waals surface area (Å²) < 4.78 is 7.42. The van der Waals surface area contributed by atoms with E-state index in [0.717, 1.165) is 69.2 Å². The second kappa shape index (κ2) is 8.26. The van der Waals surface area contributed by atoms with Crippen LogP contribution in [-0.2, 0) is 13.5 Å². The Kier molecular flexibility index (Phi) is 5.15. The average Bonchev–Trinajstić information content (AvgIpc) is 3.39. The molecule has 5 aromatic rings. The average molecular weight is 425 g/mol. The fourth-order valence-electron chi connectivity index (χ4n) is 3.88. The minimum Gasteiger partial charge on any atom is -0.464 e. The van der Waals surface area contributed by atoms with Crippen LogP contribution in [0, 0.1) is 13.8 Å². The highest BCUT2D eigenvalue weighted by Gasteiger charge is 2.09. The maximum Gasteiger partial charge on any atom is 0.134 e. The lowest BCUT2D eigenvalue weighted by Gasteiger charge is -2.10. The van der Waals surface area contributed by atoms with Gasteiger partial charge >= 0.3 is 0 Å². The van der Waals surface area contributed by atoms with Gasteiger partial charge in [0.25, 0.3) is 0 Å². The van der Waals surface area contributed by atoms with Crippen molar-refractivity contribution in [3.05, 3.63) is 78.2 Å². The molecule has 0 saturated heterocycles. The number of benzene rings is 1. The Morgan fingerprint density at radius 2 is 1.91 bits per heavy atom. The number of nitrogens with zero attached hydrogens (tertiary/aromatic N) is 5. The Morgan fingerprint density at radius 1 is 1.00 bits per heavy atom. The van der Waals surface area contributed by atoms with Crippen LogP contribution in [-0.4, -0.2) is 31.3 Å². The highest BCUT2D eigenvalue weighted by Crippen LogP contribution is 2.27. The molecule has 7 heteroatoms. The standard InChI is InChI=1S/C25H24N6O/c1-16-15-32-24-5-4-19(11-21(16)24)22-12-25(30-17(2)29-22)27-8-6-18-10-20(14-26-13-18)23-7-9-28-31(23)3/h4-5,7,9-15H,6,8H2,1-3H3,(H,27,29,30). The smallest absolute Gasteiger partial charge is 0.134 e. The molecular formula is C25H24N6O. The molecule has 0 saturated carbocycles. The summed E-state index contributed by atoms with van der Waals surface area (Å²) >= 11 is 0. The van der Waals surface area contributed by atoms with E-state index in [-0.39, 0.29) is 0 Å². The molecule has 0 spiro atoms. The van der Waals surface area contributed by atoms with Crippen LogP contribution in [0.1, 0.15) is 17.0 Å². The molecule has 4 heterocycles. The topological polar surface area (TPSA) is 81.7 Å². The van der Waals surface area contributed by atoms with Crippen LogP contribution >= 0.6 is 0 Å². The number of aromatic nitrogens is 5. The molecular weight excluding hydrogens is 400 g/mol. The fourth-order valence-corrected chi connectivity index (χ4v) is 3.88. The second-order valence-electron chi connectivity index (χ2n) is 7.91. The van der Waals surface area contributed by atoms with E-state index in [1.807, 2.05) is 62.2 Å². The van der Waals surface area contributed by atoms with Gasteiger partial charge in [-0.2, -0.15) is 5.10 Å². The van der Waals surface area contributed by atoms with Crippen molar-refractivity contribution in [1.29, 1.82) is 0 Å². The molecule has 0 radical (unpaired) electrons. The number of anilines is 1. The minimum absolute atomic E-state index is 0.730. The monoisotopic (exact) mass is 424 g/mol. The molecule has 32 heavy (non-hydrogen) atoms. The summed E-state index contributed by atoms with van der Waals surface area (Å²) in [6.07, 6.45) is 8.18. The Morgan fingerprint density at radius 3 is 2.75 bits per heavy atom. The van der Waals surface area contributed by atoms with Gasteiger partial charge in [0.1, 0.15) is 17.2 Å². The van der Waals surface area contributed by atoms with E-state index >= 15 is 0 Å². The van der Waals surface area contributed by atoms with Crippen molar-refractivity contribution in [2.75, 3.05) is 11.9 Å². The first-order valence-electron chi connectivity index (χ1n) is 10.6. The van der Waals surface area contributed by atoms with Crippen molar-refractivity contribution < 1.29 is 4.42 Å². The number of pyridine rings is 1. The first-order valence-corrected chi connectivity index (χ1v) is 10.6. The zero-order chi connectivity index (χ0) is 22.1. The lowest BCUT2D eigenvalue weighted by atomic mass is 10.1. The van der Waals surface area contributed by atoms with E-state index < -0.39 is 0 Å². The highest BCUT2D eigenvalue weighted by molar-refractivity contribution is 5.85. The van der Waals surface area contributed by atoms with Gasteiger partial charge in [0, 0.05) is 54.8 Å². The van der Waals surface area contributed by atoms with Crippen molar-refractivity contribution in [2.45, 2.75) is 20.3 Å². The number of hydrogen-bond donors (Lipinski definition) is 1. The number of hydrogen-bond acceptors (Lipinski definition) is 6. The van der Waals surface area contributed by atoms with E-state index in [9.17, 15) is 0 Å². The van der Waals surface area contributed by atoms with E-state index in [4.69, 9.17) is 4.42 Å². The third-order valence-corrected chi connectivity index (χ3v) is 5.53. The quantitative estimate of drug-likeness (QED) is 0.415. The second-order valence-corrected chi connectivity index (χ2v) is 7.91. The number of nitrogens with one attached hydrogen (secondary N) is 1. The molecule has 0 bridgehead atoms. The van der Waals surface area contributed by atoms with Crippen LogP contribution in [0.5, 0.6) is 0 Å². The summed E-state index contributed by atoms with van der Waals surface area (Å²) in [6.45, 7) is 4.70. The summed E-state index contributed by atoms with van der Waals surface area (Å²) in [6, 6.07) is 12.3. The maximum absolute atomic E-state index is 5.57. The van der Waals surface area contributed by atoms with Crippen LogP contribution in [0.3, 0.4) is 0 Å². The molecule has 1 aromatic carbocycles. The first kappa shape index (κ1) is 19.9. The molecule has 4 aromatic heterocycles. The maximum atomic E-state index is 5.57. The van der Waals surface area contributed by atoms with Gasteiger partial charge in [0.2, 0.25) is 0 Å². The van der Waals surface area contributed by atoms with E-state index in [1.165, 1.54) is 0 Å². The normalized spacial score (nSPS) is 11.2. The summed E-state index contributed by atoms with van der Waals surface area (Å²) in [5, 5.41) is 8.79. The molecule has 0 aliphatic heterocycles. The Hall–Kier alpha value is -4.00. The van der Waals surface area contributed by atoms with E-state index in [2.05, 4.69) is 37.5 Å². The third kappa shape index (κ3) is 3.97. The summed E-state index contributed by atoms with van der Waals surface area (Å²) in [7, 11) is 1.93. The van der Waals surface area contributed by atoms with Gasteiger partial charge in [-0.05, 0) is 61.7 Å². The van der Waals surface area contributed by atoms with E-state index in [1.54, 1.807) is 12.5 Å². The minimum atomic E-state index is 0.730. The molecule has 0 aliphatic rings. The first-order chi connectivity index (χ1) is 15.6. The van der Waals surface area contributed by atoms with Crippen LogP contribution in [0.2, 0.25) is 0 Å². The molecule has 0 aliphatic carbocycles. The lowest BCUT2D eigenvalue weighted by Crippen LogP contribution is -2.08. The molecule has 0 unspecified atom stereocenters. The van der Waals surface area contributed by atoms with Gasteiger partial charge < -0.3 is 9.73 Å². The predicted molar refractivity (Wildman–Crippen MR) is 125 cm³/mol. The van der Waals surface area contributed by atoms with E-state index in [0.29, 0.717) is 0 Å². The Balaban J connectivity index is 1.32. The molecule has 7 nitrogen and oxygen atoms in total. The van der Waals surface area contributed by atoms with Crippen molar-refractivity contribution >= 4 is 16.8 Å². The summed E-state index contributed by atoms with van der Waals surface area (Å²) in [4.78, 5) is 13.6. The number of fused-ring (bicyclic) bond motifs is 1. The molecule has 5 rings (SSSR count).